The number of nitrogens with zero attached hydrogens (tertiary/aromatic N) is 2. The van der Waals surface area contributed by atoms with Crippen molar-refractivity contribution in [3.8, 4) is 16.5 Å². The van der Waals surface area contributed by atoms with Gasteiger partial charge >= 0.3 is 0 Å². The summed E-state index contributed by atoms with van der Waals surface area (Å²) in [5, 5.41) is 49.3. The number of hydrogen-bond donors (Lipinski definition) is 5. The number of H-pyrrole nitrogens is 1. The van der Waals surface area contributed by atoms with Crippen molar-refractivity contribution in [2.24, 2.45) is 0 Å². The summed E-state index contributed by atoms with van der Waals surface area (Å²) in [7, 11) is 0. The lowest BCUT2D eigenvalue weighted by Gasteiger charge is -2.39. The van der Waals surface area contributed by atoms with E-state index >= 15 is 0 Å². The van der Waals surface area contributed by atoms with Crippen molar-refractivity contribution in [1.29, 1.82) is 0 Å². The zero-order valence-electron chi connectivity index (χ0n) is 16.2. The minimum atomic E-state index is -1.51. The molecule has 0 aliphatic carbocycles. The van der Waals surface area contributed by atoms with Crippen LogP contribution in [0.3, 0.4) is 0 Å². The van der Waals surface area contributed by atoms with Gasteiger partial charge in [-0.05, 0) is 12.5 Å². The fraction of sp³-hybridized carbons (Fsp3) is 0.400. The quantitative estimate of drug-likeness (QED) is 0.381. The molecule has 9 nitrogen and oxygen atoms in total. The third-order valence-electron chi connectivity index (χ3n) is 5.13. The Morgan fingerprint density at radius 3 is 2.57 bits per heavy atom. The summed E-state index contributed by atoms with van der Waals surface area (Å²) in [6.45, 7) is 1.33. The molecule has 0 radical (unpaired) electrons. The van der Waals surface area contributed by atoms with E-state index in [9.17, 15) is 20.4 Å². The van der Waals surface area contributed by atoms with Gasteiger partial charge in [-0.2, -0.15) is 0 Å². The number of hydrogen-bond acceptors (Lipinski definition) is 9. The van der Waals surface area contributed by atoms with Crippen LogP contribution in [-0.4, -0.2) is 72.9 Å². The highest BCUT2D eigenvalue weighted by molar-refractivity contribution is 7.13. The van der Waals surface area contributed by atoms with E-state index in [1.165, 1.54) is 0 Å². The van der Waals surface area contributed by atoms with Crippen molar-refractivity contribution in [3.63, 3.8) is 0 Å². The number of aliphatic hydroxyl groups excluding tert-OH is 4. The van der Waals surface area contributed by atoms with Crippen molar-refractivity contribution in [2.45, 2.75) is 44.1 Å². The SMILES string of the molecule is Cc1[nH]nc(O[C@@H]2O[C@H](CO)[C@@H](O)[C@H](O)[C@H]2O)c1Cc1ccc(-c2nccs2)cc1. The van der Waals surface area contributed by atoms with Crippen molar-refractivity contribution < 1.29 is 29.9 Å². The summed E-state index contributed by atoms with van der Waals surface area (Å²) >= 11 is 1.57. The third kappa shape index (κ3) is 4.10. The van der Waals surface area contributed by atoms with E-state index in [0.29, 0.717) is 6.42 Å². The molecule has 2 aromatic heterocycles. The topological polar surface area (TPSA) is 141 Å². The molecule has 0 unspecified atom stereocenters. The van der Waals surface area contributed by atoms with Crippen molar-refractivity contribution in [1.82, 2.24) is 15.2 Å². The second-order valence-corrected chi connectivity index (χ2v) is 8.05. The first-order valence-electron chi connectivity index (χ1n) is 9.47. The molecule has 1 aliphatic rings. The zero-order chi connectivity index (χ0) is 21.3. The van der Waals surface area contributed by atoms with Crippen LogP contribution in [0.4, 0.5) is 0 Å². The van der Waals surface area contributed by atoms with Crippen molar-refractivity contribution in [3.05, 3.63) is 52.7 Å². The Morgan fingerprint density at radius 1 is 1.13 bits per heavy atom. The van der Waals surface area contributed by atoms with E-state index in [4.69, 9.17) is 9.47 Å². The number of nitrogens with one attached hydrogen (secondary N) is 1. The van der Waals surface area contributed by atoms with E-state index in [0.717, 1.165) is 27.4 Å². The Bertz CT molecular complexity index is 960. The second kappa shape index (κ2) is 8.80. The standard InChI is InChI=1S/C20H23N3O6S/c1-10-13(8-11-2-4-12(5-3-11)19-21-6-7-30-19)18(23-22-10)29-20-17(27)16(26)15(25)14(9-24)28-20/h2-7,14-17,20,24-27H,8-9H2,1H3,(H,22,23)/t14-,15-,16+,17-,20+/m1/s1. The highest BCUT2D eigenvalue weighted by Gasteiger charge is 2.45. The van der Waals surface area contributed by atoms with Crippen LogP contribution in [0.5, 0.6) is 5.88 Å². The molecule has 0 amide bonds. The van der Waals surface area contributed by atoms with Crippen LogP contribution in [0.2, 0.25) is 0 Å². The van der Waals surface area contributed by atoms with Gasteiger partial charge in [0.05, 0.1) is 6.61 Å². The van der Waals surface area contributed by atoms with Crippen LogP contribution in [0, 0.1) is 6.92 Å². The van der Waals surface area contributed by atoms with Gasteiger partial charge in [-0.3, -0.25) is 5.10 Å². The van der Waals surface area contributed by atoms with Gasteiger partial charge < -0.3 is 29.9 Å². The fourth-order valence-corrected chi connectivity index (χ4v) is 3.99. The highest BCUT2D eigenvalue weighted by Crippen LogP contribution is 2.29. The molecule has 160 valence electrons. The molecule has 3 heterocycles. The minimum Gasteiger partial charge on any atom is -0.443 e. The van der Waals surface area contributed by atoms with Crippen LogP contribution >= 0.6 is 11.3 Å². The summed E-state index contributed by atoms with van der Waals surface area (Å²) in [4.78, 5) is 4.31. The zero-order valence-corrected chi connectivity index (χ0v) is 17.0. The van der Waals surface area contributed by atoms with E-state index in [1.807, 2.05) is 36.6 Å². The maximum absolute atomic E-state index is 10.2. The van der Waals surface area contributed by atoms with Crippen molar-refractivity contribution in [2.75, 3.05) is 6.61 Å². The summed E-state index contributed by atoms with van der Waals surface area (Å²) in [5.41, 5.74) is 3.63. The first-order valence-corrected chi connectivity index (χ1v) is 10.4. The number of thiazole rings is 1. The smallest absolute Gasteiger partial charge is 0.238 e. The third-order valence-corrected chi connectivity index (χ3v) is 5.95. The second-order valence-electron chi connectivity index (χ2n) is 7.16. The lowest BCUT2D eigenvalue weighted by atomic mass is 9.99. The van der Waals surface area contributed by atoms with Gasteiger partial charge in [0.1, 0.15) is 29.4 Å². The Hall–Kier alpha value is -2.34. The largest absolute Gasteiger partial charge is 0.443 e. The number of aromatic amines is 1. The maximum atomic E-state index is 10.2. The molecule has 30 heavy (non-hydrogen) atoms. The monoisotopic (exact) mass is 433 g/mol. The Kier molecular flexibility index (Phi) is 6.14. The van der Waals surface area contributed by atoms with Crippen LogP contribution in [0.15, 0.2) is 35.8 Å². The molecule has 5 atom stereocenters. The van der Waals surface area contributed by atoms with Gasteiger partial charge in [0, 0.05) is 34.8 Å². The Morgan fingerprint density at radius 2 is 1.90 bits per heavy atom. The molecule has 1 aromatic carbocycles. The van der Waals surface area contributed by atoms with E-state index in [-0.39, 0.29) is 5.88 Å². The van der Waals surface area contributed by atoms with Crippen LogP contribution in [0.25, 0.3) is 10.6 Å². The Balaban J connectivity index is 1.50. The predicted molar refractivity (Wildman–Crippen MR) is 108 cm³/mol. The first kappa shape index (κ1) is 20.9. The van der Waals surface area contributed by atoms with Gasteiger partial charge in [-0.15, -0.1) is 16.4 Å². The number of aliphatic hydroxyl groups is 4. The van der Waals surface area contributed by atoms with Crippen LogP contribution in [0.1, 0.15) is 16.8 Å². The van der Waals surface area contributed by atoms with E-state index in [2.05, 4.69) is 15.2 Å². The molecule has 1 aliphatic heterocycles. The molecule has 10 heteroatoms. The predicted octanol–water partition coefficient (Wildman–Crippen LogP) is 0.611. The average Bonchev–Trinajstić information content (AvgIpc) is 3.41. The first-order chi connectivity index (χ1) is 14.5. The van der Waals surface area contributed by atoms with Crippen molar-refractivity contribution >= 4 is 11.3 Å². The normalized spacial score (nSPS) is 26.6. The van der Waals surface area contributed by atoms with Gasteiger partial charge in [-0.25, -0.2) is 4.98 Å². The molecular formula is C20H23N3O6S. The van der Waals surface area contributed by atoms with Gasteiger partial charge in [0.2, 0.25) is 12.2 Å². The molecule has 0 spiro atoms. The molecule has 0 saturated carbocycles. The number of ether oxygens (including phenoxy) is 2. The molecule has 1 saturated heterocycles. The minimum absolute atomic E-state index is 0.223. The molecule has 0 bridgehead atoms. The lowest BCUT2D eigenvalue weighted by Crippen LogP contribution is -2.60. The summed E-state index contributed by atoms with van der Waals surface area (Å²) < 4.78 is 11.1. The summed E-state index contributed by atoms with van der Waals surface area (Å²) in [6, 6.07) is 8.00. The number of aryl methyl sites for hydroxylation is 1. The Labute approximate surface area is 176 Å². The average molecular weight is 433 g/mol. The molecule has 1 fully saturated rings. The number of aromatic nitrogens is 3. The number of rotatable bonds is 6. The maximum Gasteiger partial charge on any atom is 0.238 e. The van der Waals surface area contributed by atoms with E-state index in [1.54, 1.807) is 17.5 Å². The molecule has 4 rings (SSSR count). The van der Waals surface area contributed by atoms with Gasteiger partial charge in [-0.1, -0.05) is 24.3 Å². The summed E-state index contributed by atoms with van der Waals surface area (Å²) in [6.07, 6.45) is -4.49. The molecular weight excluding hydrogens is 410 g/mol. The number of benzene rings is 1. The van der Waals surface area contributed by atoms with Gasteiger partial charge in [0.15, 0.2) is 0 Å². The molecule has 5 N–H and O–H groups in total. The fourth-order valence-electron chi connectivity index (χ4n) is 3.35. The van der Waals surface area contributed by atoms with Crippen LogP contribution in [-0.2, 0) is 11.2 Å². The van der Waals surface area contributed by atoms with Crippen LogP contribution < -0.4 is 4.74 Å². The van der Waals surface area contributed by atoms with Gasteiger partial charge in [0.25, 0.3) is 0 Å². The highest BCUT2D eigenvalue weighted by atomic mass is 32.1. The molecule has 3 aromatic rings. The summed E-state index contributed by atoms with van der Waals surface area (Å²) in [5.74, 6) is 0.223. The van der Waals surface area contributed by atoms with E-state index < -0.39 is 37.3 Å². The lowest BCUT2D eigenvalue weighted by molar-refractivity contribution is -0.278.